The minimum Gasteiger partial charge on any atom is -0.356 e. The number of aromatic nitrogens is 1. The summed E-state index contributed by atoms with van der Waals surface area (Å²) in [6.45, 7) is 0. The molecule has 1 amide bonds. The summed E-state index contributed by atoms with van der Waals surface area (Å²) in [6.07, 6.45) is 9.10. The van der Waals surface area contributed by atoms with Crippen LogP contribution in [-0.4, -0.2) is 44.2 Å². The van der Waals surface area contributed by atoms with E-state index >= 15 is 0 Å². The highest BCUT2D eigenvalue weighted by Crippen LogP contribution is 2.27. The van der Waals surface area contributed by atoms with Gasteiger partial charge >= 0.3 is 0 Å². The van der Waals surface area contributed by atoms with Crippen molar-refractivity contribution in [3.05, 3.63) is 35.4 Å². The Balaban J connectivity index is 1.76. The highest BCUT2D eigenvalue weighted by Gasteiger charge is 2.27. The molecule has 1 fully saturated rings. The predicted octanol–water partition coefficient (Wildman–Crippen LogP) is 1.89. The lowest BCUT2D eigenvalue weighted by Crippen LogP contribution is -2.39. The van der Waals surface area contributed by atoms with Crippen molar-refractivity contribution in [1.82, 2.24) is 10.3 Å². The SMILES string of the molecule is CN(c1ncccc1C(=O)NC1C=CS(=O)(=O)C1)C1CCCCC1. The number of amides is 1. The summed E-state index contributed by atoms with van der Waals surface area (Å²) in [5.74, 6) is 0.298. The summed E-state index contributed by atoms with van der Waals surface area (Å²) in [6, 6.07) is 3.39. The first-order valence-corrected chi connectivity index (χ1v) is 10.1. The molecule has 1 atom stereocenters. The van der Waals surface area contributed by atoms with Gasteiger partial charge in [-0.05, 0) is 31.1 Å². The third-order valence-electron chi connectivity index (χ3n) is 4.73. The van der Waals surface area contributed by atoms with Crippen LogP contribution in [0.4, 0.5) is 5.82 Å². The van der Waals surface area contributed by atoms with Gasteiger partial charge in [-0.2, -0.15) is 0 Å². The van der Waals surface area contributed by atoms with Crippen molar-refractivity contribution in [3.8, 4) is 0 Å². The van der Waals surface area contributed by atoms with Gasteiger partial charge in [-0.25, -0.2) is 13.4 Å². The molecule has 1 aliphatic heterocycles. The van der Waals surface area contributed by atoms with Crippen molar-refractivity contribution in [1.29, 1.82) is 0 Å². The molecule has 0 spiro atoms. The van der Waals surface area contributed by atoms with Gasteiger partial charge in [-0.3, -0.25) is 4.79 Å². The number of hydrogen-bond acceptors (Lipinski definition) is 5. The van der Waals surface area contributed by atoms with Gasteiger partial charge in [0.05, 0.1) is 17.4 Å². The number of pyridine rings is 1. The van der Waals surface area contributed by atoms with Crippen LogP contribution in [0.5, 0.6) is 0 Å². The van der Waals surface area contributed by atoms with Crippen LogP contribution in [0, 0.1) is 0 Å². The molecular formula is C17H23N3O3S. The first-order chi connectivity index (χ1) is 11.5. The molecule has 1 saturated carbocycles. The van der Waals surface area contributed by atoms with Crippen molar-refractivity contribution < 1.29 is 13.2 Å². The Kier molecular flexibility index (Phi) is 4.89. The van der Waals surface area contributed by atoms with Gasteiger partial charge in [0.1, 0.15) is 5.82 Å². The number of rotatable bonds is 4. The minimum absolute atomic E-state index is 0.0766. The molecule has 3 rings (SSSR count). The van der Waals surface area contributed by atoms with E-state index in [1.807, 2.05) is 7.05 Å². The smallest absolute Gasteiger partial charge is 0.255 e. The third kappa shape index (κ3) is 3.77. The Hall–Kier alpha value is -1.89. The van der Waals surface area contributed by atoms with E-state index in [0.717, 1.165) is 18.2 Å². The summed E-state index contributed by atoms with van der Waals surface area (Å²) in [5, 5.41) is 3.94. The standard InChI is InChI=1S/C17H23N3O3S/c1-20(14-6-3-2-4-7-14)16-15(8-5-10-18-16)17(21)19-13-9-11-24(22,23)12-13/h5,8-11,13-14H,2-4,6-7,12H2,1H3,(H,19,21). The Bertz CT molecular complexity index is 739. The monoisotopic (exact) mass is 349 g/mol. The molecular weight excluding hydrogens is 326 g/mol. The molecule has 1 aromatic rings. The van der Waals surface area contributed by atoms with E-state index in [9.17, 15) is 13.2 Å². The Labute approximate surface area is 142 Å². The molecule has 6 nitrogen and oxygen atoms in total. The molecule has 130 valence electrons. The van der Waals surface area contributed by atoms with E-state index in [2.05, 4.69) is 15.2 Å². The van der Waals surface area contributed by atoms with Crippen LogP contribution in [0.2, 0.25) is 0 Å². The van der Waals surface area contributed by atoms with Crippen LogP contribution < -0.4 is 10.2 Å². The molecule has 2 aliphatic rings. The van der Waals surface area contributed by atoms with Crippen molar-refractivity contribution in [3.63, 3.8) is 0 Å². The van der Waals surface area contributed by atoms with Gasteiger partial charge < -0.3 is 10.2 Å². The lowest BCUT2D eigenvalue weighted by atomic mass is 9.94. The molecule has 2 heterocycles. The topological polar surface area (TPSA) is 79.4 Å². The molecule has 1 aliphatic carbocycles. The largest absolute Gasteiger partial charge is 0.356 e. The number of anilines is 1. The highest BCUT2D eigenvalue weighted by atomic mass is 32.2. The van der Waals surface area contributed by atoms with Crippen molar-refractivity contribution in [2.75, 3.05) is 17.7 Å². The fourth-order valence-electron chi connectivity index (χ4n) is 3.41. The zero-order valence-electron chi connectivity index (χ0n) is 13.8. The average Bonchev–Trinajstić information content (AvgIpc) is 2.93. The zero-order valence-corrected chi connectivity index (χ0v) is 14.6. The van der Waals surface area contributed by atoms with Crippen LogP contribution in [0.1, 0.15) is 42.5 Å². The van der Waals surface area contributed by atoms with Gasteiger partial charge in [0.15, 0.2) is 9.84 Å². The average molecular weight is 349 g/mol. The summed E-state index contributed by atoms with van der Waals surface area (Å²) in [7, 11) is -1.21. The third-order valence-corrected chi connectivity index (χ3v) is 6.13. The molecule has 0 bridgehead atoms. The summed E-state index contributed by atoms with van der Waals surface area (Å²) < 4.78 is 23.0. The fourth-order valence-corrected chi connectivity index (χ4v) is 4.64. The van der Waals surface area contributed by atoms with Crippen molar-refractivity contribution >= 4 is 21.6 Å². The molecule has 1 aromatic heterocycles. The van der Waals surface area contributed by atoms with Crippen LogP contribution in [0.25, 0.3) is 0 Å². The predicted molar refractivity (Wildman–Crippen MR) is 93.7 cm³/mol. The Morgan fingerprint density at radius 2 is 2.04 bits per heavy atom. The van der Waals surface area contributed by atoms with Gasteiger partial charge in [0.25, 0.3) is 5.91 Å². The van der Waals surface area contributed by atoms with Crippen LogP contribution in [0.15, 0.2) is 29.8 Å². The van der Waals surface area contributed by atoms with Gasteiger partial charge in [0, 0.05) is 24.7 Å². The van der Waals surface area contributed by atoms with E-state index in [1.54, 1.807) is 18.3 Å². The molecule has 0 saturated heterocycles. The maximum Gasteiger partial charge on any atom is 0.255 e. The number of sulfone groups is 1. The molecule has 0 radical (unpaired) electrons. The quantitative estimate of drug-likeness (QED) is 0.898. The van der Waals surface area contributed by atoms with Crippen LogP contribution in [-0.2, 0) is 9.84 Å². The van der Waals surface area contributed by atoms with Crippen LogP contribution >= 0.6 is 0 Å². The summed E-state index contributed by atoms with van der Waals surface area (Å²) in [5.41, 5.74) is 0.489. The van der Waals surface area contributed by atoms with E-state index in [0.29, 0.717) is 17.4 Å². The maximum absolute atomic E-state index is 12.6. The zero-order chi connectivity index (χ0) is 17.2. The first-order valence-electron chi connectivity index (χ1n) is 8.36. The molecule has 1 unspecified atom stereocenters. The number of nitrogens with zero attached hydrogens (tertiary/aromatic N) is 2. The second kappa shape index (κ2) is 6.93. The lowest BCUT2D eigenvalue weighted by molar-refractivity contribution is 0.0947. The van der Waals surface area contributed by atoms with Gasteiger partial charge in [-0.1, -0.05) is 19.3 Å². The lowest BCUT2D eigenvalue weighted by Gasteiger charge is -2.33. The Morgan fingerprint density at radius 3 is 2.71 bits per heavy atom. The van der Waals surface area contributed by atoms with Crippen molar-refractivity contribution in [2.45, 2.75) is 44.2 Å². The molecule has 0 aromatic carbocycles. The van der Waals surface area contributed by atoms with Gasteiger partial charge in [-0.15, -0.1) is 0 Å². The second-order valence-corrected chi connectivity index (χ2v) is 8.45. The minimum atomic E-state index is -3.19. The van der Waals surface area contributed by atoms with E-state index in [4.69, 9.17) is 0 Å². The summed E-state index contributed by atoms with van der Waals surface area (Å²) >= 11 is 0. The van der Waals surface area contributed by atoms with Crippen molar-refractivity contribution in [2.24, 2.45) is 0 Å². The second-order valence-electron chi connectivity index (χ2n) is 6.52. The van der Waals surface area contributed by atoms with Crippen LogP contribution in [0.3, 0.4) is 0 Å². The highest BCUT2D eigenvalue weighted by molar-refractivity contribution is 7.94. The van der Waals surface area contributed by atoms with E-state index < -0.39 is 15.9 Å². The number of nitrogens with one attached hydrogen (secondary N) is 1. The fraction of sp³-hybridized carbons (Fsp3) is 0.529. The normalized spacial score (nSPS) is 23.1. The van der Waals surface area contributed by atoms with Gasteiger partial charge in [0.2, 0.25) is 0 Å². The molecule has 1 N–H and O–H groups in total. The van der Waals surface area contributed by atoms with E-state index in [-0.39, 0.29) is 11.7 Å². The Morgan fingerprint density at radius 1 is 1.29 bits per heavy atom. The molecule has 7 heteroatoms. The summed E-state index contributed by atoms with van der Waals surface area (Å²) in [4.78, 5) is 19.1. The maximum atomic E-state index is 12.6. The number of carbonyl (C=O) groups is 1. The number of hydrogen-bond donors (Lipinski definition) is 1. The number of carbonyl (C=O) groups excluding carboxylic acids is 1. The molecule has 24 heavy (non-hydrogen) atoms. The first kappa shape index (κ1) is 17.0. The van der Waals surface area contributed by atoms with E-state index in [1.165, 1.54) is 25.3 Å².